The van der Waals surface area contributed by atoms with Gasteiger partial charge in [-0.15, -0.1) is 0 Å². The number of hydrogen-bond donors (Lipinski definition) is 2. The van der Waals surface area contributed by atoms with Crippen LogP contribution < -0.4 is 5.32 Å². The van der Waals surface area contributed by atoms with E-state index in [0.717, 1.165) is 25.6 Å². The SMILES string of the molecule is CO[C@]1(C(F)(F)F)CC[C@H](NC(=O)C2CCN(C(=O)c3cc(-c4cc(C)ncn4)[nH]n3)C3(CC3)C2)CC1. The molecule has 0 radical (unpaired) electrons. The number of alkyl halides is 3. The van der Waals surface area contributed by atoms with Crippen LogP contribution in [0.4, 0.5) is 13.2 Å². The zero-order chi connectivity index (χ0) is 26.4. The standard InChI is InChI=1S/C25H31F3N6O3/c1-15-11-18(30-14-29-15)19-12-20(33-32-19)22(36)34-10-5-16(13-23(34)8-9-23)21(35)31-17-3-6-24(37-2,7-4-17)25(26,27)28/h11-12,14,16-17H,3-10,13H2,1-2H3,(H,31,35)(H,32,33)/t16?,17-,24+. The molecule has 200 valence electrons. The lowest BCUT2D eigenvalue weighted by molar-refractivity contribution is -0.280. The molecule has 1 spiro atoms. The Balaban J connectivity index is 1.19. The van der Waals surface area contributed by atoms with Crippen molar-refractivity contribution in [2.75, 3.05) is 13.7 Å². The Bertz CT molecular complexity index is 1170. The van der Waals surface area contributed by atoms with E-state index in [4.69, 9.17) is 4.74 Å². The van der Waals surface area contributed by atoms with Gasteiger partial charge in [0, 0.05) is 36.8 Å². The molecular formula is C25H31F3N6O3. The minimum absolute atomic E-state index is 0.138. The van der Waals surface area contributed by atoms with Gasteiger partial charge in [-0.05, 0) is 70.4 Å². The molecule has 0 bridgehead atoms. The molecule has 3 fully saturated rings. The van der Waals surface area contributed by atoms with E-state index in [-0.39, 0.29) is 55.0 Å². The zero-order valence-corrected chi connectivity index (χ0v) is 20.9. The fraction of sp³-hybridized carbons (Fsp3) is 0.640. The number of H-pyrrole nitrogens is 1. The molecule has 2 amide bonds. The highest BCUT2D eigenvalue weighted by Gasteiger charge is 2.57. The first-order valence-electron chi connectivity index (χ1n) is 12.6. The lowest BCUT2D eigenvalue weighted by Crippen LogP contribution is -2.54. The van der Waals surface area contributed by atoms with E-state index >= 15 is 0 Å². The Labute approximate surface area is 212 Å². The maximum Gasteiger partial charge on any atom is 0.417 e. The van der Waals surface area contributed by atoms with E-state index in [1.54, 1.807) is 12.1 Å². The summed E-state index contributed by atoms with van der Waals surface area (Å²) in [5.74, 6) is -0.594. The highest BCUT2D eigenvalue weighted by molar-refractivity contribution is 5.94. The zero-order valence-electron chi connectivity index (χ0n) is 20.9. The number of halogens is 3. The summed E-state index contributed by atoms with van der Waals surface area (Å²) in [6.07, 6.45) is -0.208. The van der Waals surface area contributed by atoms with Gasteiger partial charge in [-0.3, -0.25) is 14.7 Å². The van der Waals surface area contributed by atoms with Gasteiger partial charge in [-0.2, -0.15) is 18.3 Å². The van der Waals surface area contributed by atoms with Gasteiger partial charge in [0.05, 0.1) is 11.4 Å². The summed E-state index contributed by atoms with van der Waals surface area (Å²) in [4.78, 5) is 36.5. The van der Waals surface area contributed by atoms with E-state index in [9.17, 15) is 22.8 Å². The minimum Gasteiger partial charge on any atom is -0.369 e. The molecule has 2 saturated carbocycles. The van der Waals surface area contributed by atoms with Gasteiger partial charge in [0.2, 0.25) is 5.91 Å². The molecule has 2 aliphatic carbocycles. The number of likely N-dealkylation sites (tertiary alicyclic amines) is 1. The van der Waals surface area contributed by atoms with Crippen LogP contribution in [0, 0.1) is 12.8 Å². The molecule has 1 atom stereocenters. The largest absolute Gasteiger partial charge is 0.417 e. The molecule has 1 saturated heterocycles. The number of carbonyl (C=O) groups is 2. The summed E-state index contributed by atoms with van der Waals surface area (Å²) < 4.78 is 45.2. The van der Waals surface area contributed by atoms with Gasteiger partial charge in [0.25, 0.3) is 5.91 Å². The van der Waals surface area contributed by atoms with E-state index < -0.39 is 11.8 Å². The van der Waals surface area contributed by atoms with E-state index in [1.165, 1.54) is 6.33 Å². The molecule has 12 heteroatoms. The topological polar surface area (TPSA) is 113 Å². The fourth-order valence-corrected chi connectivity index (χ4v) is 5.81. The maximum absolute atomic E-state index is 13.4. The highest BCUT2D eigenvalue weighted by atomic mass is 19.4. The van der Waals surface area contributed by atoms with Crippen molar-refractivity contribution in [3.63, 3.8) is 0 Å². The third kappa shape index (κ3) is 4.83. The minimum atomic E-state index is -4.43. The number of aromatic amines is 1. The lowest BCUT2D eigenvalue weighted by Gasteiger charge is -2.42. The van der Waals surface area contributed by atoms with Crippen LogP contribution in [0.5, 0.6) is 0 Å². The number of ether oxygens (including phenoxy) is 1. The van der Waals surface area contributed by atoms with Crippen LogP contribution in [-0.4, -0.2) is 73.9 Å². The van der Waals surface area contributed by atoms with Crippen molar-refractivity contribution in [1.29, 1.82) is 0 Å². The Morgan fingerprint density at radius 2 is 1.86 bits per heavy atom. The van der Waals surface area contributed by atoms with Crippen molar-refractivity contribution in [3.05, 3.63) is 29.8 Å². The van der Waals surface area contributed by atoms with Crippen molar-refractivity contribution < 1.29 is 27.5 Å². The third-order valence-corrected chi connectivity index (χ3v) is 8.27. The summed E-state index contributed by atoms with van der Waals surface area (Å²) in [7, 11) is 1.09. The Morgan fingerprint density at radius 3 is 2.49 bits per heavy atom. The van der Waals surface area contributed by atoms with Gasteiger partial charge < -0.3 is 15.0 Å². The molecule has 2 aromatic heterocycles. The van der Waals surface area contributed by atoms with Crippen LogP contribution in [0.3, 0.4) is 0 Å². The fourth-order valence-electron chi connectivity index (χ4n) is 5.81. The molecule has 2 aromatic rings. The Hall–Kier alpha value is -3.02. The summed E-state index contributed by atoms with van der Waals surface area (Å²) in [6.45, 7) is 2.28. The van der Waals surface area contributed by atoms with Crippen molar-refractivity contribution in [2.45, 2.75) is 81.6 Å². The first kappa shape index (κ1) is 25.6. The number of nitrogens with zero attached hydrogens (tertiary/aromatic N) is 4. The van der Waals surface area contributed by atoms with Crippen molar-refractivity contribution in [3.8, 4) is 11.4 Å². The molecule has 1 unspecified atom stereocenters. The second-order valence-electron chi connectivity index (χ2n) is 10.6. The van der Waals surface area contributed by atoms with Crippen LogP contribution >= 0.6 is 0 Å². The number of hydrogen-bond acceptors (Lipinski definition) is 6. The predicted octanol–water partition coefficient (Wildman–Crippen LogP) is 3.57. The monoisotopic (exact) mass is 520 g/mol. The molecule has 9 nitrogen and oxygen atoms in total. The third-order valence-electron chi connectivity index (χ3n) is 8.27. The normalized spacial score (nSPS) is 27.2. The first-order valence-corrected chi connectivity index (χ1v) is 12.6. The summed E-state index contributed by atoms with van der Waals surface area (Å²) in [5.41, 5.74) is -0.114. The van der Waals surface area contributed by atoms with Crippen LogP contribution in [0.1, 0.15) is 67.5 Å². The van der Waals surface area contributed by atoms with Crippen molar-refractivity contribution in [2.24, 2.45) is 5.92 Å². The van der Waals surface area contributed by atoms with Crippen LogP contribution in [0.15, 0.2) is 18.5 Å². The summed E-state index contributed by atoms with van der Waals surface area (Å²) >= 11 is 0. The van der Waals surface area contributed by atoms with E-state index in [2.05, 4.69) is 25.5 Å². The number of piperidine rings is 1. The molecule has 0 aromatic carbocycles. The molecule has 1 aliphatic heterocycles. The van der Waals surface area contributed by atoms with Gasteiger partial charge >= 0.3 is 6.18 Å². The van der Waals surface area contributed by atoms with E-state index in [0.29, 0.717) is 36.5 Å². The van der Waals surface area contributed by atoms with Crippen molar-refractivity contribution in [1.82, 2.24) is 30.4 Å². The maximum atomic E-state index is 13.4. The molecule has 5 rings (SSSR count). The smallest absolute Gasteiger partial charge is 0.369 e. The highest BCUT2D eigenvalue weighted by Crippen LogP contribution is 2.51. The Kier molecular flexibility index (Phi) is 6.49. The summed E-state index contributed by atoms with van der Waals surface area (Å²) in [6, 6.07) is 3.18. The average molecular weight is 521 g/mol. The van der Waals surface area contributed by atoms with Gasteiger partial charge in [0.15, 0.2) is 11.3 Å². The second kappa shape index (κ2) is 9.38. The predicted molar refractivity (Wildman–Crippen MR) is 126 cm³/mol. The van der Waals surface area contributed by atoms with Crippen LogP contribution in [0.2, 0.25) is 0 Å². The van der Waals surface area contributed by atoms with Gasteiger partial charge in [-0.1, -0.05) is 0 Å². The molecular weight excluding hydrogens is 489 g/mol. The number of methoxy groups -OCH3 is 1. The molecule has 37 heavy (non-hydrogen) atoms. The van der Waals surface area contributed by atoms with Gasteiger partial charge in [-0.25, -0.2) is 9.97 Å². The lowest BCUT2D eigenvalue weighted by atomic mass is 9.81. The van der Waals surface area contributed by atoms with Gasteiger partial charge in [0.1, 0.15) is 6.33 Å². The first-order chi connectivity index (χ1) is 17.6. The number of amides is 2. The number of carbonyl (C=O) groups excluding carboxylic acids is 2. The van der Waals surface area contributed by atoms with Crippen LogP contribution in [-0.2, 0) is 9.53 Å². The number of nitrogens with one attached hydrogen (secondary N) is 2. The number of aryl methyl sites for hydroxylation is 1. The number of rotatable bonds is 5. The molecule has 3 heterocycles. The molecule has 2 N–H and O–H groups in total. The average Bonchev–Trinajstić information content (AvgIpc) is 3.44. The van der Waals surface area contributed by atoms with Crippen molar-refractivity contribution >= 4 is 11.8 Å². The Morgan fingerprint density at radius 1 is 1.14 bits per heavy atom. The van der Waals surface area contributed by atoms with E-state index in [1.807, 2.05) is 11.8 Å². The van der Waals surface area contributed by atoms with Crippen LogP contribution in [0.25, 0.3) is 11.4 Å². The number of aromatic nitrogens is 4. The second-order valence-corrected chi connectivity index (χ2v) is 10.6. The molecule has 3 aliphatic rings. The summed E-state index contributed by atoms with van der Waals surface area (Å²) in [5, 5.41) is 10.1. The quantitative estimate of drug-likeness (QED) is 0.623.